The topological polar surface area (TPSA) is 98.8 Å². The Bertz CT molecular complexity index is 1160. The molecular formula is C41H73N9. The normalized spacial score (nSPS) is 11.4. The van der Waals surface area contributed by atoms with E-state index in [4.69, 9.17) is 15.0 Å². The molecule has 1 aromatic carbocycles. The summed E-state index contributed by atoms with van der Waals surface area (Å²) >= 11 is 0. The Hall–Kier alpha value is -2.97. The molecule has 9 nitrogen and oxygen atoms in total. The average molecular weight is 692 g/mol. The Labute approximate surface area is 305 Å². The fourth-order valence-electron chi connectivity index (χ4n) is 6.70. The molecule has 3 aromatic rings. The quantitative estimate of drug-likeness (QED) is 0.0624. The third-order valence-electron chi connectivity index (χ3n) is 9.88. The van der Waals surface area contributed by atoms with Crippen LogP contribution in [-0.2, 0) is 0 Å². The summed E-state index contributed by atoms with van der Waals surface area (Å²) in [5.74, 6) is 2.25. The summed E-state index contributed by atoms with van der Waals surface area (Å²) in [6.45, 7) is 13.1. The first-order chi connectivity index (χ1) is 24.7. The van der Waals surface area contributed by atoms with Gasteiger partial charge >= 0.3 is 0 Å². The molecule has 0 aliphatic heterocycles. The molecule has 0 aliphatic carbocycles. The molecule has 0 aliphatic rings. The van der Waals surface area contributed by atoms with Crippen molar-refractivity contribution in [1.29, 1.82) is 0 Å². The third-order valence-corrected chi connectivity index (χ3v) is 9.88. The number of benzene rings is 1. The van der Waals surface area contributed by atoms with Crippen LogP contribution in [0.1, 0.15) is 182 Å². The summed E-state index contributed by atoms with van der Waals surface area (Å²) in [6.07, 6.45) is 30.8. The van der Waals surface area contributed by atoms with Gasteiger partial charge in [0.25, 0.3) is 0 Å². The first-order valence-corrected chi connectivity index (χ1v) is 21.0. The lowest BCUT2D eigenvalue weighted by molar-refractivity contribution is 0.564. The largest absolute Gasteiger partial charge is 0.341 e. The molecule has 282 valence electrons. The first-order valence-electron chi connectivity index (χ1n) is 21.0. The number of fused-ring (bicyclic) bond motifs is 1. The number of H-pyrrole nitrogens is 1. The zero-order valence-corrected chi connectivity index (χ0v) is 32.7. The Balaban J connectivity index is 1.87. The predicted molar refractivity (Wildman–Crippen MR) is 215 cm³/mol. The summed E-state index contributed by atoms with van der Waals surface area (Å²) in [5.41, 5.74) is 2.58. The molecule has 9 heteroatoms. The van der Waals surface area contributed by atoms with Gasteiger partial charge in [0.1, 0.15) is 11.0 Å². The molecule has 0 bridgehead atoms. The summed E-state index contributed by atoms with van der Waals surface area (Å²) in [4.78, 5) is 20.5. The van der Waals surface area contributed by atoms with E-state index in [0.29, 0.717) is 5.95 Å². The van der Waals surface area contributed by atoms with Crippen molar-refractivity contribution in [3.8, 4) is 0 Å². The second-order valence-corrected chi connectivity index (χ2v) is 14.5. The Kier molecular flexibility index (Phi) is 22.2. The zero-order valence-electron chi connectivity index (χ0n) is 32.7. The number of anilines is 4. The summed E-state index contributed by atoms with van der Waals surface area (Å²) in [6, 6.07) is 6.02. The van der Waals surface area contributed by atoms with Crippen molar-refractivity contribution < 1.29 is 0 Å². The molecule has 2 N–H and O–H groups in total. The molecule has 3 rings (SSSR count). The van der Waals surface area contributed by atoms with Gasteiger partial charge in [0, 0.05) is 31.9 Å². The van der Waals surface area contributed by atoms with Gasteiger partial charge in [-0.05, 0) is 43.9 Å². The second-order valence-electron chi connectivity index (χ2n) is 14.5. The van der Waals surface area contributed by atoms with Crippen LogP contribution >= 0.6 is 0 Å². The SMILES string of the molecule is CCCCCCCCN(CCCCCCCC)c1nc(Nc2ccc3n[nH]nc3c2)nc(N(CCCCCCCC)CCCCCCCC)n1. The highest BCUT2D eigenvalue weighted by Gasteiger charge is 2.18. The Morgan fingerprint density at radius 2 is 0.840 bits per heavy atom. The van der Waals surface area contributed by atoms with E-state index in [-0.39, 0.29) is 0 Å². The van der Waals surface area contributed by atoms with E-state index >= 15 is 0 Å². The number of hydrogen-bond donors (Lipinski definition) is 2. The monoisotopic (exact) mass is 692 g/mol. The molecule has 50 heavy (non-hydrogen) atoms. The number of nitrogens with one attached hydrogen (secondary N) is 2. The van der Waals surface area contributed by atoms with Gasteiger partial charge in [-0.2, -0.15) is 30.4 Å². The average Bonchev–Trinajstić information content (AvgIpc) is 3.60. The number of hydrogen-bond acceptors (Lipinski definition) is 8. The van der Waals surface area contributed by atoms with Gasteiger partial charge in [-0.1, -0.05) is 156 Å². The molecule has 0 saturated heterocycles. The number of aromatic nitrogens is 6. The summed E-state index contributed by atoms with van der Waals surface area (Å²) < 4.78 is 0. The fourth-order valence-corrected chi connectivity index (χ4v) is 6.70. The molecule has 0 fully saturated rings. The van der Waals surface area contributed by atoms with E-state index in [0.717, 1.165) is 54.8 Å². The van der Waals surface area contributed by atoms with Crippen molar-refractivity contribution >= 4 is 34.6 Å². The van der Waals surface area contributed by atoms with Crippen LogP contribution in [0, 0.1) is 0 Å². The fraction of sp³-hybridized carbons (Fsp3) is 0.780. The van der Waals surface area contributed by atoms with Crippen LogP contribution in [0.3, 0.4) is 0 Å². The van der Waals surface area contributed by atoms with Gasteiger partial charge in [-0.25, -0.2) is 0 Å². The highest BCUT2D eigenvalue weighted by atomic mass is 15.4. The van der Waals surface area contributed by atoms with E-state index in [9.17, 15) is 0 Å². The number of nitrogens with zero attached hydrogens (tertiary/aromatic N) is 7. The minimum atomic E-state index is 0.611. The second kappa shape index (κ2) is 26.8. The van der Waals surface area contributed by atoms with Crippen LogP contribution in [0.25, 0.3) is 11.0 Å². The Morgan fingerprint density at radius 3 is 1.26 bits per heavy atom. The van der Waals surface area contributed by atoms with Gasteiger partial charge in [-0.15, -0.1) is 0 Å². The van der Waals surface area contributed by atoms with E-state index in [2.05, 4.69) is 58.2 Å². The van der Waals surface area contributed by atoms with Gasteiger partial charge < -0.3 is 15.1 Å². The maximum atomic E-state index is 5.29. The molecule has 2 heterocycles. The minimum absolute atomic E-state index is 0.611. The van der Waals surface area contributed by atoms with Gasteiger partial charge in [-0.3, -0.25) is 0 Å². The van der Waals surface area contributed by atoms with E-state index in [1.807, 2.05) is 18.2 Å². The van der Waals surface area contributed by atoms with Crippen molar-refractivity contribution in [2.75, 3.05) is 41.3 Å². The van der Waals surface area contributed by atoms with Gasteiger partial charge in [0.15, 0.2) is 0 Å². The molecule has 0 unspecified atom stereocenters. The lowest BCUT2D eigenvalue weighted by Crippen LogP contribution is -2.32. The molecule has 0 radical (unpaired) electrons. The third kappa shape index (κ3) is 16.8. The lowest BCUT2D eigenvalue weighted by atomic mass is 10.1. The maximum absolute atomic E-state index is 5.29. The zero-order chi connectivity index (χ0) is 35.5. The molecule has 0 spiro atoms. The standard InChI is InChI=1S/C41H73N9/c1-5-9-13-17-21-25-31-49(32-26-22-18-14-10-6-2)40-43-39(42-36-29-30-37-38(35-36)47-48-46-37)44-41(45-40)50(33-27-23-19-15-11-7-3)34-28-24-20-16-12-8-4/h29-30,35H,5-28,31-34H2,1-4H3,(H,46,47,48)(H,42,43,44,45). The van der Waals surface area contributed by atoms with Gasteiger partial charge in [0.2, 0.25) is 17.8 Å². The van der Waals surface area contributed by atoms with Crippen molar-refractivity contribution in [2.24, 2.45) is 0 Å². The molecular weight excluding hydrogens is 619 g/mol. The van der Waals surface area contributed by atoms with Gasteiger partial charge in [0.05, 0.1) is 0 Å². The Morgan fingerprint density at radius 1 is 0.460 bits per heavy atom. The highest BCUT2D eigenvalue weighted by molar-refractivity contribution is 5.79. The van der Waals surface area contributed by atoms with E-state index < -0.39 is 0 Å². The first kappa shape index (κ1) is 41.5. The van der Waals surface area contributed by atoms with Crippen LogP contribution in [0.4, 0.5) is 23.5 Å². The predicted octanol–water partition coefficient (Wildman–Crippen LogP) is 11.9. The van der Waals surface area contributed by atoms with Crippen molar-refractivity contribution in [3.05, 3.63) is 18.2 Å². The van der Waals surface area contributed by atoms with E-state index in [1.54, 1.807) is 0 Å². The summed E-state index contributed by atoms with van der Waals surface area (Å²) in [5, 5.41) is 14.8. The van der Waals surface area contributed by atoms with Crippen LogP contribution in [0.5, 0.6) is 0 Å². The van der Waals surface area contributed by atoms with Crippen LogP contribution in [0.2, 0.25) is 0 Å². The van der Waals surface area contributed by atoms with Crippen LogP contribution in [0.15, 0.2) is 18.2 Å². The lowest BCUT2D eigenvalue weighted by Gasteiger charge is -2.27. The van der Waals surface area contributed by atoms with Crippen molar-refractivity contribution in [2.45, 2.75) is 182 Å². The van der Waals surface area contributed by atoms with Crippen LogP contribution in [-0.4, -0.2) is 56.5 Å². The summed E-state index contributed by atoms with van der Waals surface area (Å²) in [7, 11) is 0. The minimum Gasteiger partial charge on any atom is -0.341 e. The maximum Gasteiger partial charge on any atom is 0.233 e. The van der Waals surface area contributed by atoms with Crippen molar-refractivity contribution in [3.63, 3.8) is 0 Å². The number of unbranched alkanes of at least 4 members (excludes halogenated alkanes) is 20. The molecule has 0 atom stereocenters. The van der Waals surface area contributed by atoms with Crippen molar-refractivity contribution in [1.82, 2.24) is 30.4 Å². The molecule has 2 aromatic heterocycles. The van der Waals surface area contributed by atoms with E-state index in [1.165, 1.54) is 154 Å². The molecule has 0 amide bonds. The number of aromatic amines is 1. The highest BCUT2D eigenvalue weighted by Crippen LogP contribution is 2.24. The smallest absolute Gasteiger partial charge is 0.233 e. The number of rotatable bonds is 32. The van der Waals surface area contributed by atoms with Crippen LogP contribution < -0.4 is 15.1 Å². The molecule has 0 saturated carbocycles.